The summed E-state index contributed by atoms with van der Waals surface area (Å²) in [4.78, 5) is 0. The third kappa shape index (κ3) is 3.56. The number of rotatable bonds is 6. The van der Waals surface area contributed by atoms with Crippen molar-refractivity contribution >= 4 is 0 Å². The summed E-state index contributed by atoms with van der Waals surface area (Å²) >= 11 is 0. The average Bonchev–Trinajstić information content (AvgIpc) is 2.49. The third-order valence-corrected chi connectivity index (χ3v) is 3.38. The second-order valence-electron chi connectivity index (χ2n) is 4.88. The molecule has 0 heterocycles. The maximum absolute atomic E-state index is 5.69. The third-order valence-electron chi connectivity index (χ3n) is 3.38. The first kappa shape index (κ1) is 15.4. The predicted octanol–water partition coefficient (Wildman–Crippen LogP) is 3.92. The highest BCUT2D eigenvalue weighted by atomic mass is 16.5. The van der Waals surface area contributed by atoms with Gasteiger partial charge < -0.3 is 15.2 Å². The molecule has 0 aliphatic heterocycles. The first-order valence-corrected chi connectivity index (χ1v) is 7.39. The molecule has 0 aliphatic rings. The number of hydrogen-bond acceptors (Lipinski definition) is 3. The lowest BCUT2D eigenvalue weighted by molar-refractivity contribution is 0.288. The molecule has 0 saturated carbocycles. The van der Waals surface area contributed by atoms with Crippen LogP contribution in [-0.2, 0) is 6.54 Å². The molecule has 0 aliphatic carbocycles. The molecule has 0 saturated heterocycles. The van der Waals surface area contributed by atoms with E-state index in [1.54, 1.807) is 0 Å². The van der Waals surface area contributed by atoms with E-state index in [1.165, 1.54) is 11.1 Å². The van der Waals surface area contributed by atoms with Crippen molar-refractivity contribution in [2.24, 2.45) is 5.73 Å². The Morgan fingerprint density at radius 1 is 0.905 bits per heavy atom. The minimum absolute atomic E-state index is 0.564. The maximum atomic E-state index is 5.69. The quantitative estimate of drug-likeness (QED) is 0.875. The zero-order chi connectivity index (χ0) is 15.2. The molecule has 0 fully saturated rings. The van der Waals surface area contributed by atoms with Gasteiger partial charge in [-0.15, -0.1) is 0 Å². The van der Waals surface area contributed by atoms with Crippen molar-refractivity contribution in [3.05, 3.63) is 47.5 Å². The molecule has 21 heavy (non-hydrogen) atoms. The smallest absolute Gasteiger partial charge is 0.161 e. The highest BCUT2D eigenvalue weighted by molar-refractivity contribution is 5.70. The van der Waals surface area contributed by atoms with Crippen LogP contribution in [0.15, 0.2) is 36.4 Å². The molecule has 112 valence electrons. The van der Waals surface area contributed by atoms with Gasteiger partial charge in [-0.2, -0.15) is 0 Å². The lowest BCUT2D eigenvalue weighted by atomic mass is 9.98. The fourth-order valence-electron chi connectivity index (χ4n) is 2.40. The average molecular weight is 285 g/mol. The van der Waals surface area contributed by atoms with Gasteiger partial charge in [-0.1, -0.05) is 24.3 Å². The Morgan fingerprint density at radius 2 is 1.62 bits per heavy atom. The van der Waals surface area contributed by atoms with E-state index in [-0.39, 0.29) is 0 Å². The van der Waals surface area contributed by atoms with E-state index < -0.39 is 0 Å². The summed E-state index contributed by atoms with van der Waals surface area (Å²) in [6.45, 7) is 7.86. The second-order valence-corrected chi connectivity index (χ2v) is 4.88. The first-order valence-electron chi connectivity index (χ1n) is 7.39. The van der Waals surface area contributed by atoms with E-state index in [4.69, 9.17) is 15.2 Å². The lowest BCUT2D eigenvalue weighted by Crippen LogP contribution is -1.99. The van der Waals surface area contributed by atoms with Crippen molar-refractivity contribution in [2.75, 3.05) is 13.2 Å². The predicted molar refractivity (Wildman–Crippen MR) is 86.8 cm³/mol. The van der Waals surface area contributed by atoms with Crippen LogP contribution < -0.4 is 15.2 Å². The van der Waals surface area contributed by atoms with Crippen molar-refractivity contribution in [3.8, 4) is 22.6 Å². The molecule has 3 heteroatoms. The van der Waals surface area contributed by atoms with Gasteiger partial charge in [0, 0.05) is 6.54 Å². The standard InChI is InChI=1S/C18H23NO2/c1-4-20-17-9-7-15(11-18(17)21-5-2)16-8-6-14(12-19)10-13(16)3/h6-11H,4-5,12,19H2,1-3H3. The van der Waals surface area contributed by atoms with E-state index >= 15 is 0 Å². The van der Waals surface area contributed by atoms with Crippen molar-refractivity contribution in [2.45, 2.75) is 27.3 Å². The van der Waals surface area contributed by atoms with Crippen LogP contribution in [-0.4, -0.2) is 13.2 Å². The Bertz CT molecular complexity index is 608. The minimum Gasteiger partial charge on any atom is -0.490 e. The monoisotopic (exact) mass is 285 g/mol. The van der Waals surface area contributed by atoms with E-state index in [0.717, 1.165) is 22.6 Å². The van der Waals surface area contributed by atoms with E-state index in [9.17, 15) is 0 Å². The van der Waals surface area contributed by atoms with Crippen molar-refractivity contribution in [1.29, 1.82) is 0 Å². The number of aryl methyl sites for hydroxylation is 1. The van der Waals surface area contributed by atoms with Gasteiger partial charge in [0.05, 0.1) is 13.2 Å². The van der Waals surface area contributed by atoms with E-state index in [2.05, 4.69) is 31.2 Å². The van der Waals surface area contributed by atoms with Crippen LogP contribution >= 0.6 is 0 Å². The summed E-state index contributed by atoms with van der Waals surface area (Å²) in [6, 6.07) is 12.4. The molecule has 0 atom stereocenters. The largest absolute Gasteiger partial charge is 0.490 e. The van der Waals surface area contributed by atoms with Crippen LogP contribution in [0.4, 0.5) is 0 Å². The Labute approximate surface area is 126 Å². The molecular formula is C18H23NO2. The van der Waals surface area contributed by atoms with Crippen LogP contribution in [0.5, 0.6) is 11.5 Å². The van der Waals surface area contributed by atoms with Gasteiger partial charge in [0.1, 0.15) is 0 Å². The number of ether oxygens (including phenoxy) is 2. The highest BCUT2D eigenvalue weighted by Gasteiger charge is 2.09. The normalized spacial score (nSPS) is 10.5. The molecule has 3 nitrogen and oxygen atoms in total. The summed E-state index contributed by atoms with van der Waals surface area (Å²) in [5.74, 6) is 1.58. The van der Waals surface area contributed by atoms with E-state index in [1.807, 2.05) is 26.0 Å². The number of benzene rings is 2. The summed E-state index contributed by atoms with van der Waals surface area (Å²) in [7, 11) is 0. The van der Waals surface area contributed by atoms with Gasteiger partial charge in [0.25, 0.3) is 0 Å². The van der Waals surface area contributed by atoms with Crippen molar-refractivity contribution in [3.63, 3.8) is 0 Å². The summed E-state index contributed by atoms with van der Waals surface area (Å²) < 4.78 is 11.3. The molecule has 0 spiro atoms. The number of nitrogens with two attached hydrogens (primary N) is 1. The lowest BCUT2D eigenvalue weighted by Gasteiger charge is -2.14. The van der Waals surface area contributed by atoms with Crippen LogP contribution in [0.25, 0.3) is 11.1 Å². The minimum atomic E-state index is 0.564. The summed E-state index contributed by atoms with van der Waals surface area (Å²) in [5.41, 5.74) is 10.4. The molecule has 0 bridgehead atoms. The van der Waals surface area contributed by atoms with Gasteiger partial charge in [-0.3, -0.25) is 0 Å². The Morgan fingerprint density at radius 3 is 2.24 bits per heavy atom. The summed E-state index contributed by atoms with van der Waals surface area (Å²) in [5, 5.41) is 0. The zero-order valence-electron chi connectivity index (χ0n) is 13.0. The van der Waals surface area contributed by atoms with Gasteiger partial charge in [0.2, 0.25) is 0 Å². The molecule has 2 N–H and O–H groups in total. The molecular weight excluding hydrogens is 262 g/mol. The van der Waals surface area contributed by atoms with Crippen molar-refractivity contribution < 1.29 is 9.47 Å². The van der Waals surface area contributed by atoms with E-state index in [0.29, 0.717) is 19.8 Å². The van der Waals surface area contributed by atoms with Crippen LogP contribution in [0.3, 0.4) is 0 Å². The SMILES string of the molecule is CCOc1ccc(-c2ccc(CN)cc2C)cc1OCC. The second kappa shape index (κ2) is 7.14. The Kier molecular flexibility index (Phi) is 5.23. The molecule has 0 aromatic heterocycles. The fraction of sp³-hybridized carbons (Fsp3) is 0.333. The van der Waals surface area contributed by atoms with Gasteiger partial charge in [0.15, 0.2) is 11.5 Å². The molecule has 2 rings (SSSR count). The van der Waals surface area contributed by atoms with Crippen LogP contribution in [0.2, 0.25) is 0 Å². The highest BCUT2D eigenvalue weighted by Crippen LogP contribution is 2.34. The maximum Gasteiger partial charge on any atom is 0.161 e. The van der Waals surface area contributed by atoms with Crippen molar-refractivity contribution in [1.82, 2.24) is 0 Å². The molecule has 0 amide bonds. The summed E-state index contributed by atoms with van der Waals surface area (Å²) in [6.07, 6.45) is 0. The molecule has 0 radical (unpaired) electrons. The van der Waals surface area contributed by atoms with Crippen LogP contribution in [0.1, 0.15) is 25.0 Å². The molecule has 2 aromatic rings. The Balaban J connectivity index is 2.42. The fourth-order valence-corrected chi connectivity index (χ4v) is 2.40. The first-order chi connectivity index (χ1) is 10.2. The Hall–Kier alpha value is -2.00. The van der Waals surface area contributed by atoms with Gasteiger partial charge in [-0.25, -0.2) is 0 Å². The van der Waals surface area contributed by atoms with Gasteiger partial charge >= 0.3 is 0 Å². The number of hydrogen-bond donors (Lipinski definition) is 1. The molecule has 0 unspecified atom stereocenters. The molecule has 2 aromatic carbocycles. The van der Waals surface area contributed by atoms with Crippen LogP contribution in [0, 0.1) is 6.92 Å². The zero-order valence-corrected chi connectivity index (χ0v) is 13.0. The van der Waals surface area contributed by atoms with Gasteiger partial charge in [-0.05, 0) is 55.2 Å². The topological polar surface area (TPSA) is 44.5 Å².